The van der Waals surface area contributed by atoms with Gasteiger partial charge in [-0.15, -0.1) is 0 Å². The van der Waals surface area contributed by atoms with Gasteiger partial charge >= 0.3 is 0 Å². The van der Waals surface area contributed by atoms with Crippen LogP contribution in [0.15, 0.2) is 30.3 Å². The molecule has 0 saturated heterocycles. The molecule has 0 bridgehead atoms. The molecule has 0 heterocycles. The Balaban J connectivity index is 1.70. The lowest BCUT2D eigenvalue weighted by molar-refractivity contribution is 0.0965. The zero-order chi connectivity index (χ0) is 11.4. The van der Waals surface area contributed by atoms with E-state index in [4.69, 9.17) is 15.6 Å². The van der Waals surface area contributed by atoms with Crippen molar-refractivity contribution in [2.24, 2.45) is 11.7 Å². The number of aliphatic hydroxyl groups excluding tert-OH is 1. The number of hydrogen-bond donors (Lipinski definition) is 2. The zero-order valence-electron chi connectivity index (χ0n) is 9.43. The molecule has 0 radical (unpaired) electrons. The van der Waals surface area contributed by atoms with Gasteiger partial charge in [-0.3, -0.25) is 0 Å². The second-order valence-corrected chi connectivity index (χ2v) is 4.62. The van der Waals surface area contributed by atoms with Gasteiger partial charge in [0, 0.05) is 12.1 Å². The van der Waals surface area contributed by atoms with Crippen LogP contribution in [-0.2, 0) is 11.3 Å². The lowest BCUT2D eigenvalue weighted by atomic mass is 10.2. The third-order valence-corrected chi connectivity index (χ3v) is 3.24. The van der Waals surface area contributed by atoms with Gasteiger partial charge in [0.2, 0.25) is 0 Å². The Labute approximate surface area is 96.2 Å². The lowest BCUT2D eigenvalue weighted by Crippen LogP contribution is -2.31. The van der Waals surface area contributed by atoms with Gasteiger partial charge in [-0.2, -0.15) is 0 Å². The quantitative estimate of drug-likeness (QED) is 0.761. The molecule has 2 atom stereocenters. The van der Waals surface area contributed by atoms with Crippen molar-refractivity contribution in [1.29, 1.82) is 0 Å². The predicted molar refractivity (Wildman–Crippen MR) is 62.8 cm³/mol. The SMILES string of the molecule is N[C@@]1(COCc2ccccc2)C[C@H]1CCO. The van der Waals surface area contributed by atoms with E-state index in [1.165, 1.54) is 5.56 Å². The first-order valence-corrected chi connectivity index (χ1v) is 5.76. The van der Waals surface area contributed by atoms with E-state index in [-0.39, 0.29) is 12.1 Å². The topological polar surface area (TPSA) is 55.5 Å². The first-order valence-electron chi connectivity index (χ1n) is 5.76. The summed E-state index contributed by atoms with van der Waals surface area (Å²) in [5.74, 6) is 0.438. The number of aliphatic hydroxyl groups is 1. The van der Waals surface area contributed by atoms with E-state index in [0.717, 1.165) is 12.8 Å². The van der Waals surface area contributed by atoms with Crippen molar-refractivity contribution in [2.75, 3.05) is 13.2 Å². The maximum absolute atomic E-state index is 8.82. The van der Waals surface area contributed by atoms with Crippen molar-refractivity contribution >= 4 is 0 Å². The smallest absolute Gasteiger partial charge is 0.0717 e. The van der Waals surface area contributed by atoms with Crippen molar-refractivity contribution in [2.45, 2.75) is 25.0 Å². The Morgan fingerprint density at radius 2 is 2.12 bits per heavy atom. The van der Waals surface area contributed by atoms with Crippen molar-refractivity contribution < 1.29 is 9.84 Å². The fourth-order valence-electron chi connectivity index (χ4n) is 2.06. The minimum atomic E-state index is -0.183. The van der Waals surface area contributed by atoms with Crippen LogP contribution in [0.3, 0.4) is 0 Å². The van der Waals surface area contributed by atoms with E-state index < -0.39 is 0 Å². The van der Waals surface area contributed by atoms with Gasteiger partial charge in [0.1, 0.15) is 0 Å². The third-order valence-electron chi connectivity index (χ3n) is 3.24. The number of hydrogen-bond acceptors (Lipinski definition) is 3. The molecule has 1 saturated carbocycles. The van der Waals surface area contributed by atoms with Crippen molar-refractivity contribution in [1.82, 2.24) is 0 Å². The summed E-state index contributed by atoms with van der Waals surface area (Å²) in [6, 6.07) is 10.1. The van der Waals surface area contributed by atoms with Crippen LogP contribution in [0.25, 0.3) is 0 Å². The average molecular weight is 221 g/mol. The van der Waals surface area contributed by atoms with Crippen LogP contribution in [0.5, 0.6) is 0 Å². The average Bonchev–Trinajstić information content (AvgIpc) is 2.91. The maximum Gasteiger partial charge on any atom is 0.0717 e. The molecule has 0 aromatic heterocycles. The summed E-state index contributed by atoms with van der Waals surface area (Å²) >= 11 is 0. The van der Waals surface area contributed by atoms with Crippen LogP contribution in [0.2, 0.25) is 0 Å². The Morgan fingerprint density at radius 3 is 2.81 bits per heavy atom. The van der Waals surface area contributed by atoms with Gasteiger partial charge in [0.05, 0.1) is 13.2 Å². The minimum absolute atomic E-state index is 0.183. The highest BCUT2D eigenvalue weighted by atomic mass is 16.5. The lowest BCUT2D eigenvalue weighted by Gasteiger charge is -2.12. The largest absolute Gasteiger partial charge is 0.396 e. The third kappa shape index (κ3) is 2.82. The van der Waals surface area contributed by atoms with Crippen molar-refractivity contribution in [3.8, 4) is 0 Å². The molecule has 1 aliphatic carbocycles. The summed E-state index contributed by atoms with van der Waals surface area (Å²) in [5.41, 5.74) is 7.09. The molecule has 3 N–H and O–H groups in total. The summed E-state index contributed by atoms with van der Waals surface area (Å²) in [5, 5.41) is 8.82. The number of nitrogens with two attached hydrogens (primary N) is 1. The van der Waals surface area contributed by atoms with E-state index in [2.05, 4.69) is 0 Å². The fourth-order valence-corrected chi connectivity index (χ4v) is 2.06. The molecule has 16 heavy (non-hydrogen) atoms. The summed E-state index contributed by atoms with van der Waals surface area (Å²) in [7, 11) is 0. The highest BCUT2D eigenvalue weighted by Gasteiger charge is 2.50. The molecule has 0 unspecified atom stereocenters. The molecular formula is C13H19NO2. The normalized spacial score (nSPS) is 28.0. The molecule has 1 fully saturated rings. The predicted octanol–water partition coefficient (Wildman–Crippen LogP) is 1.30. The monoisotopic (exact) mass is 221 g/mol. The molecule has 0 amide bonds. The van der Waals surface area contributed by atoms with E-state index in [0.29, 0.717) is 19.1 Å². The fraction of sp³-hybridized carbons (Fsp3) is 0.538. The van der Waals surface area contributed by atoms with Crippen LogP contribution >= 0.6 is 0 Å². The molecule has 3 nitrogen and oxygen atoms in total. The Bertz CT molecular complexity index is 328. The molecule has 88 valence electrons. The summed E-state index contributed by atoms with van der Waals surface area (Å²) < 4.78 is 5.62. The first-order chi connectivity index (χ1) is 7.74. The number of ether oxygens (including phenoxy) is 1. The van der Waals surface area contributed by atoms with Crippen LogP contribution in [-0.4, -0.2) is 23.9 Å². The molecular weight excluding hydrogens is 202 g/mol. The van der Waals surface area contributed by atoms with E-state index in [1.807, 2.05) is 30.3 Å². The van der Waals surface area contributed by atoms with Gasteiger partial charge in [-0.1, -0.05) is 30.3 Å². The Hall–Kier alpha value is -0.900. The molecule has 0 aliphatic heterocycles. The molecule has 0 spiro atoms. The summed E-state index contributed by atoms with van der Waals surface area (Å²) in [4.78, 5) is 0. The van der Waals surface area contributed by atoms with E-state index in [1.54, 1.807) is 0 Å². The summed E-state index contributed by atoms with van der Waals surface area (Å²) in [6.07, 6.45) is 1.77. The second-order valence-electron chi connectivity index (χ2n) is 4.62. The molecule has 1 aliphatic rings. The Kier molecular flexibility index (Phi) is 3.59. The van der Waals surface area contributed by atoms with Gasteiger partial charge in [-0.25, -0.2) is 0 Å². The van der Waals surface area contributed by atoms with E-state index >= 15 is 0 Å². The van der Waals surface area contributed by atoms with Gasteiger partial charge in [-0.05, 0) is 24.3 Å². The zero-order valence-corrected chi connectivity index (χ0v) is 9.43. The molecule has 1 aromatic rings. The number of rotatable bonds is 6. The van der Waals surface area contributed by atoms with Crippen LogP contribution in [0.1, 0.15) is 18.4 Å². The number of benzene rings is 1. The van der Waals surface area contributed by atoms with Gasteiger partial charge in [0.25, 0.3) is 0 Å². The first kappa shape index (κ1) is 11.6. The highest BCUT2D eigenvalue weighted by molar-refractivity contribution is 5.14. The van der Waals surface area contributed by atoms with Crippen molar-refractivity contribution in [3.63, 3.8) is 0 Å². The molecule has 2 rings (SSSR count). The molecule has 3 heteroatoms. The molecule has 1 aromatic carbocycles. The Morgan fingerprint density at radius 1 is 1.38 bits per heavy atom. The van der Waals surface area contributed by atoms with Crippen molar-refractivity contribution in [3.05, 3.63) is 35.9 Å². The summed E-state index contributed by atoms with van der Waals surface area (Å²) in [6.45, 7) is 1.43. The van der Waals surface area contributed by atoms with Crippen LogP contribution in [0.4, 0.5) is 0 Å². The van der Waals surface area contributed by atoms with E-state index in [9.17, 15) is 0 Å². The van der Waals surface area contributed by atoms with Gasteiger partial charge in [0.15, 0.2) is 0 Å². The maximum atomic E-state index is 8.82. The van der Waals surface area contributed by atoms with Crippen LogP contribution in [0, 0.1) is 5.92 Å². The second kappa shape index (κ2) is 4.95. The minimum Gasteiger partial charge on any atom is -0.396 e. The standard InChI is InChI=1S/C13H19NO2/c14-13(8-12(13)6-7-15)10-16-9-11-4-2-1-3-5-11/h1-5,12,15H,6-10,14H2/t12-,13-/m1/s1. The highest BCUT2D eigenvalue weighted by Crippen LogP contribution is 2.43. The van der Waals surface area contributed by atoms with Gasteiger partial charge < -0.3 is 15.6 Å². The van der Waals surface area contributed by atoms with Crippen LogP contribution < -0.4 is 5.73 Å².